The second kappa shape index (κ2) is 8.86. The first-order valence-electron chi connectivity index (χ1n) is 8.34. The van der Waals surface area contributed by atoms with Crippen molar-refractivity contribution in [2.75, 3.05) is 44.7 Å². The maximum Gasteiger partial charge on any atom is 0.411 e. The minimum Gasteiger partial charge on any atom is -0.450 e. The van der Waals surface area contributed by atoms with Gasteiger partial charge in [0.25, 0.3) is 0 Å². The summed E-state index contributed by atoms with van der Waals surface area (Å²) in [6.07, 6.45) is -1.03. The van der Waals surface area contributed by atoms with Crippen molar-refractivity contribution in [3.63, 3.8) is 0 Å². The first-order chi connectivity index (χ1) is 12.4. The highest BCUT2D eigenvalue weighted by Crippen LogP contribution is 2.20. The molecular weight excluding hydrogens is 362 g/mol. The molecule has 1 fully saturated rings. The summed E-state index contributed by atoms with van der Waals surface area (Å²) in [5.41, 5.74) is 0.439. The topological polar surface area (TPSA) is 105 Å². The van der Waals surface area contributed by atoms with E-state index in [1.807, 2.05) is 0 Å². The number of rotatable bonds is 5. The molecule has 0 bridgehead atoms. The van der Waals surface area contributed by atoms with E-state index in [0.717, 1.165) is 0 Å². The summed E-state index contributed by atoms with van der Waals surface area (Å²) >= 11 is 0. The van der Waals surface area contributed by atoms with Gasteiger partial charge in [-0.3, -0.25) is 5.32 Å². The Hall–Kier alpha value is -2.33. The highest BCUT2D eigenvalue weighted by Gasteiger charge is 2.30. The van der Waals surface area contributed by atoms with Crippen LogP contribution in [0.15, 0.2) is 29.2 Å². The third kappa shape index (κ3) is 4.85. The van der Waals surface area contributed by atoms with Gasteiger partial charge in [-0.15, -0.1) is 0 Å². The molecule has 1 aliphatic rings. The zero-order chi connectivity index (χ0) is 19.2. The normalized spacial score (nSPS) is 15.4. The van der Waals surface area contributed by atoms with E-state index >= 15 is 0 Å². The molecule has 0 spiro atoms. The van der Waals surface area contributed by atoms with Crippen LogP contribution in [-0.4, -0.2) is 69.2 Å². The number of carbonyl (C=O) groups is 2. The smallest absolute Gasteiger partial charge is 0.411 e. The molecule has 0 atom stereocenters. The molecule has 2 amide bonds. The number of anilines is 1. The van der Waals surface area contributed by atoms with Gasteiger partial charge in [0.2, 0.25) is 10.0 Å². The lowest BCUT2D eigenvalue weighted by Gasteiger charge is -2.33. The summed E-state index contributed by atoms with van der Waals surface area (Å²) in [6, 6.07) is 5.85. The minimum absolute atomic E-state index is 0.122. The molecule has 1 heterocycles. The van der Waals surface area contributed by atoms with Crippen molar-refractivity contribution in [1.82, 2.24) is 9.21 Å². The Morgan fingerprint density at radius 2 is 1.58 bits per heavy atom. The van der Waals surface area contributed by atoms with Gasteiger partial charge in [0.15, 0.2) is 0 Å². The molecule has 1 aromatic carbocycles. The largest absolute Gasteiger partial charge is 0.450 e. The van der Waals surface area contributed by atoms with Gasteiger partial charge in [0, 0.05) is 31.9 Å². The van der Waals surface area contributed by atoms with E-state index in [1.165, 1.54) is 33.5 Å². The molecule has 10 heteroatoms. The monoisotopic (exact) mass is 385 g/mol. The second-order valence-electron chi connectivity index (χ2n) is 5.46. The highest BCUT2D eigenvalue weighted by molar-refractivity contribution is 7.89. The molecule has 0 radical (unpaired) electrons. The van der Waals surface area contributed by atoms with Crippen molar-refractivity contribution in [3.05, 3.63) is 24.3 Å². The number of hydrogen-bond donors (Lipinski definition) is 1. The fourth-order valence-electron chi connectivity index (χ4n) is 2.47. The Morgan fingerprint density at radius 1 is 1.00 bits per heavy atom. The fraction of sp³-hybridized carbons (Fsp3) is 0.500. The molecule has 1 aliphatic heterocycles. The van der Waals surface area contributed by atoms with Crippen molar-refractivity contribution in [2.24, 2.45) is 0 Å². The lowest BCUT2D eigenvalue weighted by Crippen LogP contribution is -2.50. The van der Waals surface area contributed by atoms with E-state index in [1.54, 1.807) is 13.8 Å². The number of amides is 2. The first kappa shape index (κ1) is 20.0. The molecule has 1 aromatic rings. The van der Waals surface area contributed by atoms with E-state index in [4.69, 9.17) is 9.47 Å². The van der Waals surface area contributed by atoms with Crippen LogP contribution in [0.1, 0.15) is 13.8 Å². The number of nitrogens with zero attached hydrogens (tertiary/aromatic N) is 2. The fourth-order valence-corrected chi connectivity index (χ4v) is 3.89. The molecular formula is C16H23N3O6S. The van der Waals surface area contributed by atoms with Crippen LogP contribution >= 0.6 is 0 Å². The number of carbonyl (C=O) groups excluding carboxylic acids is 2. The van der Waals surface area contributed by atoms with Gasteiger partial charge in [-0.2, -0.15) is 4.31 Å². The lowest BCUT2D eigenvalue weighted by molar-refractivity contribution is 0.0934. The number of hydrogen-bond acceptors (Lipinski definition) is 6. The van der Waals surface area contributed by atoms with Crippen LogP contribution in [0.5, 0.6) is 0 Å². The third-order valence-electron chi connectivity index (χ3n) is 3.78. The number of sulfonamides is 1. The molecule has 0 aliphatic carbocycles. The quantitative estimate of drug-likeness (QED) is 0.827. The predicted octanol–water partition coefficient (Wildman–Crippen LogP) is 1.72. The van der Waals surface area contributed by atoms with Crippen LogP contribution in [0.3, 0.4) is 0 Å². The van der Waals surface area contributed by atoms with Gasteiger partial charge >= 0.3 is 12.2 Å². The van der Waals surface area contributed by atoms with Crippen LogP contribution in [0.25, 0.3) is 0 Å². The predicted molar refractivity (Wildman–Crippen MR) is 94.4 cm³/mol. The average Bonchev–Trinajstić information content (AvgIpc) is 2.62. The number of piperazine rings is 1. The molecule has 26 heavy (non-hydrogen) atoms. The van der Waals surface area contributed by atoms with Crippen molar-refractivity contribution in [2.45, 2.75) is 18.7 Å². The summed E-state index contributed by atoms with van der Waals surface area (Å²) in [5.74, 6) is 0. The molecule has 144 valence electrons. The Kier molecular flexibility index (Phi) is 6.81. The van der Waals surface area contributed by atoms with Gasteiger partial charge in [-0.05, 0) is 38.1 Å². The van der Waals surface area contributed by atoms with E-state index in [0.29, 0.717) is 5.69 Å². The van der Waals surface area contributed by atoms with Gasteiger partial charge < -0.3 is 14.4 Å². The molecule has 1 saturated heterocycles. The summed E-state index contributed by atoms with van der Waals surface area (Å²) in [4.78, 5) is 24.7. The van der Waals surface area contributed by atoms with Crippen LogP contribution in [0.2, 0.25) is 0 Å². The lowest BCUT2D eigenvalue weighted by atomic mass is 10.3. The third-order valence-corrected chi connectivity index (χ3v) is 5.69. The van der Waals surface area contributed by atoms with Crippen molar-refractivity contribution in [1.29, 1.82) is 0 Å². The van der Waals surface area contributed by atoms with E-state index in [9.17, 15) is 18.0 Å². The SMILES string of the molecule is CCOC(=O)Nc1ccc(S(=O)(=O)N2CCN(C(=O)OCC)CC2)cc1. The number of ether oxygens (including phenoxy) is 2. The average molecular weight is 385 g/mol. The molecule has 0 aromatic heterocycles. The second-order valence-corrected chi connectivity index (χ2v) is 7.40. The van der Waals surface area contributed by atoms with E-state index in [-0.39, 0.29) is 44.3 Å². The minimum atomic E-state index is -3.67. The summed E-state index contributed by atoms with van der Waals surface area (Å²) in [7, 11) is -3.67. The van der Waals surface area contributed by atoms with Crippen LogP contribution < -0.4 is 5.32 Å². The van der Waals surface area contributed by atoms with E-state index in [2.05, 4.69) is 5.32 Å². The Morgan fingerprint density at radius 3 is 2.12 bits per heavy atom. The first-order valence-corrected chi connectivity index (χ1v) is 9.78. The number of benzene rings is 1. The van der Waals surface area contributed by atoms with Crippen LogP contribution in [-0.2, 0) is 19.5 Å². The van der Waals surface area contributed by atoms with Gasteiger partial charge in [-0.25, -0.2) is 18.0 Å². The Labute approximate surface area is 152 Å². The molecule has 0 unspecified atom stereocenters. The zero-order valence-corrected chi connectivity index (χ0v) is 15.6. The van der Waals surface area contributed by atoms with Gasteiger partial charge in [0.1, 0.15) is 0 Å². The molecule has 9 nitrogen and oxygen atoms in total. The summed E-state index contributed by atoms with van der Waals surface area (Å²) in [6.45, 7) is 4.89. The van der Waals surface area contributed by atoms with Crippen molar-refractivity contribution < 1.29 is 27.5 Å². The summed E-state index contributed by atoms with van der Waals surface area (Å²) in [5, 5.41) is 2.50. The Bertz CT molecular complexity index is 727. The standard InChI is InChI=1S/C16H23N3O6S/c1-3-24-15(20)17-13-5-7-14(8-6-13)26(22,23)19-11-9-18(10-12-19)16(21)25-4-2/h5-8H,3-4,9-12H2,1-2H3,(H,17,20). The van der Waals surface area contributed by atoms with Crippen molar-refractivity contribution >= 4 is 27.9 Å². The maximum absolute atomic E-state index is 12.7. The molecule has 1 N–H and O–H groups in total. The zero-order valence-electron chi connectivity index (χ0n) is 14.8. The van der Waals surface area contributed by atoms with Crippen LogP contribution in [0, 0.1) is 0 Å². The highest BCUT2D eigenvalue weighted by atomic mass is 32.2. The molecule has 0 saturated carbocycles. The van der Waals surface area contributed by atoms with E-state index < -0.39 is 22.2 Å². The van der Waals surface area contributed by atoms with Gasteiger partial charge in [-0.1, -0.05) is 0 Å². The summed E-state index contributed by atoms with van der Waals surface area (Å²) < 4.78 is 36.4. The number of nitrogens with one attached hydrogen (secondary N) is 1. The molecule has 2 rings (SSSR count). The van der Waals surface area contributed by atoms with Crippen molar-refractivity contribution in [3.8, 4) is 0 Å². The Balaban J connectivity index is 2.00. The maximum atomic E-state index is 12.7. The van der Waals surface area contributed by atoms with Gasteiger partial charge in [0.05, 0.1) is 18.1 Å². The van der Waals surface area contributed by atoms with Crippen LogP contribution in [0.4, 0.5) is 15.3 Å².